The summed E-state index contributed by atoms with van der Waals surface area (Å²) in [5, 5.41) is 1.96. The molecular formula is C30H33N2O7S2+. The van der Waals surface area contributed by atoms with Gasteiger partial charge in [-0.1, -0.05) is 29.2 Å². The molecule has 0 N–H and O–H groups in total. The van der Waals surface area contributed by atoms with E-state index in [9.17, 15) is 14.4 Å². The third-order valence-corrected chi connectivity index (χ3v) is 9.12. The lowest BCUT2D eigenvalue weighted by Crippen LogP contribution is -2.33. The molecule has 0 fully saturated rings. The maximum Gasteiger partial charge on any atom is 0.338 e. The highest BCUT2D eigenvalue weighted by atomic mass is 32.2. The number of thiazole rings is 1. The van der Waals surface area contributed by atoms with Crippen LogP contribution in [0.2, 0.25) is 0 Å². The Morgan fingerprint density at radius 2 is 1.56 bits per heavy atom. The van der Waals surface area contributed by atoms with Gasteiger partial charge >= 0.3 is 17.9 Å². The summed E-state index contributed by atoms with van der Waals surface area (Å²) < 4.78 is 23.3. The number of esters is 3. The lowest BCUT2D eigenvalue weighted by Gasteiger charge is -2.20. The third kappa shape index (κ3) is 5.74. The minimum atomic E-state index is -0.598. The van der Waals surface area contributed by atoms with Crippen LogP contribution in [0.15, 0.2) is 46.3 Å². The fourth-order valence-electron chi connectivity index (χ4n) is 4.73. The normalized spacial score (nSPS) is 14.5. The average molecular weight is 598 g/mol. The minimum absolute atomic E-state index is 0.164. The Morgan fingerprint density at radius 1 is 0.927 bits per heavy atom. The SMILES string of the molecule is CCN1/C(=C/C=C/c2sc3cc(C(=O)OC)c(C(=O)OC)cc3[n+]2CC)Sc2cc(C(=O)OC)c(C(C)OC)cc21. The third-order valence-electron chi connectivity index (χ3n) is 6.89. The lowest BCUT2D eigenvalue weighted by molar-refractivity contribution is -0.665. The molecule has 1 aliphatic heterocycles. The first-order chi connectivity index (χ1) is 19.7. The fraction of sp³-hybridized carbons (Fsp3) is 0.333. The molecule has 1 atom stereocenters. The molecule has 3 aromatic rings. The van der Waals surface area contributed by atoms with Crippen LogP contribution in [0.25, 0.3) is 16.3 Å². The molecule has 0 aliphatic carbocycles. The summed E-state index contributed by atoms with van der Waals surface area (Å²) >= 11 is 3.10. The first kappa shape index (κ1) is 30.3. The second kappa shape index (κ2) is 12.9. The van der Waals surface area contributed by atoms with Gasteiger partial charge in [0, 0.05) is 30.7 Å². The van der Waals surface area contributed by atoms with Gasteiger partial charge < -0.3 is 23.8 Å². The summed E-state index contributed by atoms with van der Waals surface area (Å²) in [5.74, 6) is -1.59. The number of hydrogen-bond acceptors (Lipinski definition) is 10. The van der Waals surface area contributed by atoms with Crippen molar-refractivity contribution in [1.29, 1.82) is 0 Å². The first-order valence-electron chi connectivity index (χ1n) is 13.0. The van der Waals surface area contributed by atoms with Gasteiger partial charge in [-0.2, -0.15) is 4.57 Å². The van der Waals surface area contributed by atoms with Gasteiger partial charge in [0.15, 0.2) is 0 Å². The fourth-order valence-corrected chi connectivity index (χ4v) is 7.05. The van der Waals surface area contributed by atoms with Crippen molar-refractivity contribution < 1.29 is 37.9 Å². The van der Waals surface area contributed by atoms with Crippen LogP contribution >= 0.6 is 23.1 Å². The number of methoxy groups -OCH3 is 4. The molecule has 0 saturated heterocycles. The zero-order valence-corrected chi connectivity index (χ0v) is 25.7. The number of carbonyl (C=O) groups is 3. The summed E-state index contributed by atoms with van der Waals surface area (Å²) in [4.78, 5) is 40.5. The number of benzene rings is 2. The highest BCUT2D eigenvalue weighted by Crippen LogP contribution is 2.48. The molecule has 216 valence electrons. The second-order valence-electron chi connectivity index (χ2n) is 9.02. The van der Waals surface area contributed by atoms with Gasteiger partial charge in [-0.15, -0.1) is 0 Å². The molecule has 0 amide bonds. The number of fused-ring (bicyclic) bond motifs is 2. The Hall–Kier alpha value is -3.67. The van der Waals surface area contributed by atoms with Crippen molar-refractivity contribution in [3.8, 4) is 0 Å². The highest BCUT2D eigenvalue weighted by molar-refractivity contribution is 8.03. The van der Waals surface area contributed by atoms with Crippen LogP contribution in [0.3, 0.4) is 0 Å². The van der Waals surface area contributed by atoms with E-state index in [1.54, 1.807) is 31.0 Å². The summed E-state index contributed by atoms with van der Waals surface area (Å²) in [5.41, 5.74) is 3.44. The van der Waals surface area contributed by atoms with Crippen LogP contribution in [0.1, 0.15) is 68.5 Å². The van der Waals surface area contributed by atoms with Crippen LogP contribution in [0.5, 0.6) is 0 Å². The van der Waals surface area contributed by atoms with Crippen molar-refractivity contribution in [2.45, 2.75) is 38.3 Å². The van der Waals surface area contributed by atoms with E-state index in [0.717, 1.165) is 42.9 Å². The molecule has 1 aromatic heterocycles. The van der Waals surface area contributed by atoms with Crippen molar-refractivity contribution in [2.24, 2.45) is 0 Å². The molecule has 41 heavy (non-hydrogen) atoms. The summed E-state index contributed by atoms with van der Waals surface area (Å²) in [6, 6.07) is 7.24. The molecule has 11 heteroatoms. The minimum Gasteiger partial charge on any atom is -0.465 e. The van der Waals surface area contributed by atoms with Crippen LogP contribution < -0.4 is 9.47 Å². The Kier molecular flexibility index (Phi) is 9.52. The number of carbonyl (C=O) groups excluding carboxylic acids is 3. The molecule has 1 aliphatic rings. The number of nitrogens with zero attached hydrogens (tertiary/aromatic N) is 2. The largest absolute Gasteiger partial charge is 0.465 e. The number of thioether (sulfide) groups is 1. The van der Waals surface area contributed by atoms with Gasteiger partial charge in [-0.05, 0) is 50.6 Å². The predicted octanol–water partition coefficient (Wildman–Crippen LogP) is 5.76. The number of aryl methyl sites for hydroxylation is 1. The van der Waals surface area contributed by atoms with E-state index >= 15 is 0 Å². The molecule has 2 heterocycles. The van der Waals surface area contributed by atoms with Crippen molar-refractivity contribution in [3.05, 3.63) is 68.7 Å². The van der Waals surface area contributed by atoms with E-state index in [1.807, 2.05) is 44.2 Å². The number of ether oxygens (including phenoxy) is 4. The maximum atomic E-state index is 12.5. The summed E-state index contributed by atoms with van der Waals surface area (Å²) in [7, 11) is 5.56. The molecule has 1 unspecified atom stereocenters. The summed E-state index contributed by atoms with van der Waals surface area (Å²) in [6.07, 6.45) is 5.75. The van der Waals surface area contributed by atoms with Crippen LogP contribution in [0, 0.1) is 0 Å². The quantitative estimate of drug-likeness (QED) is 0.173. The Bertz CT molecular complexity index is 1570. The van der Waals surface area contributed by atoms with E-state index in [1.165, 1.54) is 32.7 Å². The Balaban J connectivity index is 1.73. The second-order valence-corrected chi connectivity index (χ2v) is 11.1. The van der Waals surface area contributed by atoms with Gasteiger partial charge in [0.05, 0.1) is 54.8 Å². The molecule has 0 bridgehead atoms. The van der Waals surface area contributed by atoms with Crippen LogP contribution in [-0.4, -0.2) is 52.9 Å². The van der Waals surface area contributed by atoms with Gasteiger partial charge in [0.2, 0.25) is 5.52 Å². The van der Waals surface area contributed by atoms with E-state index < -0.39 is 17.9 Å². The molecular weight excluding hydrogens is 564 g/mol. The molecule has 9 nitrogen and oxygen atoms in total. The predicted molar refractivity (Wildman–Crippen MR) is 160 cm³/mol. The topological polar surface area (TPSA) is 95.3 Å². The zero-order chi connectivity index (χ0) is 29.8. The van der Waals surface area contributed by atoms with Crippen molar-refractivity contribution in [1.82, 2.24) is 0 Å². The smallest absolute Gasteiger partial charge is 0.338 e. The number of anilines is 1. The number of rotatable bonds is 9. The Morgan fingerprint density at radius 3 is 2.15 bits per heavy atom. The van der Waals surface area contributed by atoms with Crippen molar-refractivity contribution >= 4 is 63.0 Å². The standard InChI is InChI=1S/C30H33N2O7S2/c1-8-31-22-13-18(17(3)36-4)20(29(34)38-6)15-24(22)40-26(31)11-10-12-27-32(9-2)23-14-19(28(33)37-5)21(30(35)39-7)16-25(23)41-27/h10-17H,8-9H2,1-7H3/q+1. The molecule has 0 radical (unpaired) electrons. The van der Waals surface area contributed by atoms with Gasteiger partial charge in [0.25, 0.3) is 5.01 Å². The van der Waals surface area contributed by atoms with Gasteiger partial charge in [-0.25, -0.2) is 14.4 Å². The van der Waals surface area contributed by atoms with E-state index in [2.05, 4.69) is 16.4 Å². The zero-order valence-electron chi connectivity index (χ0n) is 24.1. The number of aromatic nitrogens is 1. The van der Waals surface area contributed by atoms with Crippen molar-refractivity contribution in [2.75, 3.05) is 39.9 Å². The number of hydrogen-bond donors (Lipinski definition) is 0. The maximum absolute atomic E-state index is 12.5. The Labute approximate surface area is 247 Å². The van der Waals surface area contributed by atoms with Gasteiger partial charge in [0.1, 0.15) is 11.2 Å². The first-order valence-corrected chi connectivity index (χ1v) is 14.7. The monoisotopic (exact) mass is 597 g/mol. The molecule has 0 spiro atoms. The van der Waals surface area contributed by atoms with Crippen molar-refractivity contribution in [3.63, 3.8) is 0 Å². The molecule has 0 saturated carbocycles. The number of allylic oxidation sites excluding steroid dienone is 2. The van der Waals surface area contributed by atoms with Gasteiger partial charge in [-0.3, -0.25) is 0 Å². The van der Waals surface area contributed by atoms with E-state index in [0.29, 0.717) is 12.1 Å². The van der Waals surface area contributed by atoms with Crippen LogP contribution in [0.4, 0.5) is 5.69 Å². The lowest BCUT2D eigenvalue weighted by atomic mass is 10.0. The highest BCUT2D eigenvalue weighted by Gasteiger charge is 2.29. The molecule has 4 rings (SSSR count). The van der Waals surface area contributed by atoms with E-state index in [-0.39, 0.29) is 17.2 Å². The summed E-state index contributed by atoms with van der Waals surface area (Å²) in [6.45, 7) is 7.40. The van der Waals surface area contributed by atoms with E-state index in [4.69, 9.17) is 18.9 Å². The molecule has 2 aromatic carbocycles. The van der Waals surface area contributed by atoms with Crippen LogP contribution in [-0.2, 0) is 25.5 Å². The average Bonchev–Trinajstić information content (AvgIpc) is 3.53.